The van der Waals surface area contributed by atoms with E-state index in [0.29, 0.717) is 0 Å². The van der Waals surface area contributed by atoms with Crippen LogP contribution >= 0.6 is 11.3 Å². The van der Waals surface area contributed by atoms with Gasteiger partial charge in [0.2, 0.25) is 0 Å². The number of hydrogen-bond acceptors (Lipinski definition) is 1. The molecule has 0 saturated heterocycles. The Kier molecular flexibility index (Phi) is 2.92. The molecule has 0 aliphatic rings. The van der Waals surface area contributed by atoms with Crippen molar-refractivity contribution in [1.29, 1.82) is 0 Å². The zero-order valence-corrected chi connectivity index (χ0v) is 10.3. The van der Waals surface area contributed by atoms with Gasteiger partial charge in [-0.2, -0.15) is 0 Å². The molecule has 0 saturated carbocycles. The standard InChI is InChI=1S/C14H16S/c1-10-6-11(2)8-13(7-10)9-14-5-4-12(3)15-14/h4-8H,9H2,1-3H3. The van der Waals surface area contributed by atoms with Gasteiger partial charge >= 0.3 is 0 Å². The van der Waals surface area contributed by atoms with E-state index in [-0.39, 0.29) is 0 Å². The molecular formula is C14H16S. The molecule has 0 nitrogen and oxygen atoms in total. The summed E-state index contributed by atoms with van der Waals surface area (Å²) in [6, 6.07) is 11.2. The maximum absolute atomic E-state index is 2.28. The molecule has 0 aliphatic carbocycles. The number of hydrogen-bond donors (Lipinski definition) is 0. The molecule has 1 aromatic heterocycles. The average molecular weight is 216 g/mol. The molecule has 2 rings (SSSR count). The van der Waals surface area contributed by atoms with Gasteiger partial charge in [-0.25, -0.2) is 0 Å². The second-order valence-corrected chi connectivity index (χ2v) is 5.56. The van der Waals surface area contributed by atoms with Crippen LogP contribution in [0.1, 0.15) is 26.4 Å². The SMILES string of the molecule is Cc1cc(C)cc(Cc2ccc(C)s2)c1. The van der Waals surface area contributed by atoms with Gasteiger partial charge in [-0.05, 0) is 38.5 Å². The van der Waals surface area contributed by atoms with Crippen molar-refractivity contribution in [3.8, 4) is 0 Å². The molecule has 1 heteroatoms. The number of aryl methyl sites for hydroxylation is 3. The first-order valence-corrected chi connectivity index (χ1v) is 6.07. The fourth-order valence-electron chi connectivity index (χ4n) is 1.95. The Balaban J connectivity index is 2.24. The molecular weight excluding hydrogens is 200 g/mol. The van der Waals surface area contributed by atoms with Crippen LogP contribution in [0.2, 0.25) is 0 Å². The maximum atomic E-state index is 2.28. The summed E-state index contributed by atoms with van der Waals surface area (Å²) in [5.41, 5.74) is 4.14. The molecule has 0 fully saturated rings. The highest BCUT2D eigenvalue weighted by atomic mass is 32.1. The molecule has 0 aliphatic heterocycles. The van der Waals surface area contributed by atoms with Crippen molar-refractivity contribution in [2.24, 2.45) is 0 Å². The first-order chi connectivity index (χ1) is 7.13. The fourth-order valence-corrected chi connectivity index (χ4v) is 2.88. The molecule has 0 atom stereocenters. The van der Waals surface area contributed by atoms with Gasteiger partial charge in [0.15, 0.2) is 0 Å². The van der Waals surface area contributed by atoms with Crippen LogP contribution in [0.3, 0.4) is 0 Å². The normalized spacial score (nSPS) is 10.6. The lowest BCUT2D eigenvalue weighted by Crippen LogP contribution is -1.87. The molecule has 0 unspecified atom stereocenters. The van der Waals surface area contributed by atoms with E-state index in [4.69, 9.17) is 0 Å². The summed E-state index contributed by atoms with van der Waals surface area (Å²) < 4.78 is 0. The Bertz CT molecular complexity index is 446. The number of benzene rings is 1. The minimum Gasteiger partial charge on any atom is -0.145 e. The van der Waals surface area contributed by atoms with Crippen LogP contribution in [0, 0.1) is 20.8 Å². The fraction of sp³-hybridized carbons (Fsp3) is 0.286. The Labute approximate surface area is 95.6 Å². The van der Waals surface area contributed by atoms with Gasteiger partial charge in [0.1, 0.15) is 0 Å². The van der Waals surface area contributed by atoms with Gasteiger partial charge in [0.05, 0.1) is 0 Å². The minimum absolute atomic E-state index is 1.07. The van der Waals surface area contributed by atoms with Gasteiger partial charge < -0.3 is 0 Å². The lowest BCUT2D eigenvalue weighted by Gasteiger charge is -2.03. The van der Waals surface area contributed by atoms with Gasteiger partial charge in [0, 0.05) is 16.2 Å². The maximum Gasteiger partial charge on any atom is 0.00918 e. The molecule has 78 valence electrons. The van der Waals surface area contributed by atoms with E-state index >= 15 is 0 Å². The van der Waals surface area contributed by atoms with E-state index in [1.54, 1.807) is 0 Å². The van der Waals surface area contributed by atoms with Crippen LogP contribution in [0.4, 0.5) is 0 Å². The lowest BCUT2D eigenvalue weighted by atomic mass is 10.0. The van der Waals surface area contributed by atoms with E-state index < -0.39 is 0 Å². The zero-order chi connectivity index (χ0) is 10.8. The molecule has 0 radical (unpaired) electrons. The summed E-state index contributed by atoms with van der Waals surface area (Å²) >= 11 is 1.89. The summed E-state index contributed by atoms with van der Waals surface area (Å²) in [5.74, 6) is 0. The lowest BCUT2D eigenvalue weighted by molar-refractivity contribution is 1.20. The summed E-state index contributed by atoms with van der Waals surface area (Å²) in [6.07, 6.45) is 1.07. The third-order valence-corrected chi connectivity index (χ3v) is 3.46. The molecule has 1 heterocycles. The van der Waals surface area contributed by atoms with Crippen molar-refractivity contribution in [1.82, 2.24) is 0 Å². The summed E-state index contributed by atoms with van der Waals surface area (Å²) in [7, 11) is 0. The zero-order valence-electron chi connectivity index (χ0n) is 9.50. The van der Waals surface area contributed by atoms with Crippen LogP contribution in [0.5, 0.6) is 0 Å². The molecule has 0 N–H and O–H groups in total. The van der Waals surface area contributed by atoms with Crippen molar-refractivity contribution in [3.63, 3.8) is 0 Å². The average Bonchev–Trinajstić information content (AvgIpc) is 2.49. The summed E-state index contributed by atoms with van der Waals surface area (Å²) in [6.45, 7) is 6.49. The number of rotatable bonds is 2. The monoisotopic (exact) mass is 216 g/mol. The van der Waals surface area contributed by atoms with Crippen molar-refractivity contribution in [2.45, 2.75) is 27.2 Å². The van der Waals surface area contributed by atoms with E-state index in [1.165, 1.54) is 26.4 Å². The smallest absolute Gasteiger partial charge is 0.00918 e. The van der Waals surface area contributed by atoms with Crippen molar-refractivity contribution >= 4 is 11.3 Å². The first-order valence-electron chi connectivity index (χ1n) is 5.26. The van der Waals surface area contributed by atoms with Crippen LogP contribution in [0.25, 0.3) is 0 Å². The predicted molar refractivity (Wildman–Crippen MR) is 67.8 cm³/mol. The third kappa shape index (κ3) is 2.69. The Morgan fingerprint density at radius 2 is 1.60 bits per heavy atom. The van der Waals surface area contributed by atoms with Crippen LogP contribution in [-0.4, -0.2) is 0 Å². The van der Waals surface area contributed by atoms with Crippen LogP contribution in [0.15, 0.2) is 30.3 Å². The van der Waals surface area contributed by atoms with Crippen LogP contribution in [-0.2, 0) is 6.42 Å². The van der Waals surface area contributed by atoms with E-state index in [0.717, 1.165) is 6.42 Å². The molecule has 0 spiro atoms. The molecule has 2 aromatic rings. The minimum atomic E-state index is 1.07. The van der Waals surface area contributed by atoms with Crippen molar-refractivity contribution in [2.75, 3.05) is 0 Å². The Morgan fingerprint density at radius 3 is 2.13 bits per heavy atom. The predicted octanol–water partition coefficient (Wildman–Crippen LogP) is 4.26. The largest absolute Gasteiger partial charge is 0.145 e. The first kappa shape index (κ1) is 10.4. The van der Waals surface area contributed by atoms with Crippen molar-refractivity contribution < 1.29 is 0 Å². The van der Waals surface area contributed by atoms with Gasteiger partial charge in [-0.1, -0.05) is 29.3 Å². The highest BCUT2D eigenvalue weighted by molar-refractivity contribution is 7.11. The highest BCUT2D eigenvalue weighted by Gasteiger charge is 2.00. The van der Waals surface area contributed by atoms with Gasteiger partial charge in [-0.15, -0.1) is 11.3 Å². The highest BCUT2D eigenvalue weighted by Crippen LogP contribution is 2.20. The second kappa shape index (κ2) is 4.19. The summed E-state index contributed by atoms with van der Waals surface area (Å²) in [5, 5.41) is 0. The van der Waals surface area contributed by atoms with Crippen LogP contribution < -0.4 is 0 Å². The molecule has 0 bridgehead atoms. The number of thiophene rings is 1. The quantitative estimate of drug-likeness (QED) is 0.703. The van der Waals surface area contributed by atoms with Gasteiger partial charge in [0.25, 0.3) is 0 Å². The summed E-state index contributed by atoms with van der Waals surface area (Å²) in [4.78, 5) is 2.85. The second-order valence-electron chi connectivity index (χ2n) is 4.19. The Morgan fingerprint density at radius 1 is 0.933 bits per heavy atom. The third-order valence-electron chi connectivity index (χ3n) is 2.46. The van der Waals surface area contributed by atoms with E-state index in [9.17, 15) is 0 Å². The van der Waals surface area contributed by atoms with E-state index in [2.05, 4.69) is 51.1 Å². The topological polar surface area (TPSA) is 0 Å². The van der Waals surface area contributed by atoms with Crippen molar-refractivity contribution in [3.05, 3.63) is 56.8 Å². The Hall–Kier alpha value is -1.08. The molecule has 0 amide bonds. The molecule has 15 heavy (non-hydrogen) atoms. The van der Waals surface area contributed by atoms with E-state index in [1.807, 2.05) is 11.3 Å². The van der Waals surface area contributed by atoms with Gasteiger partial charge in [-0.3, -0.25) is 0 Å². The molecule has 1 aromatic carbocycles.